The van der Waals surface area contributed by atoms with E-state index in [-0.39, 0.29) is 5.56 Å². The summed E-state index contributed by atoms with van der Waals surface area (Å²) in [6.45, 7) is 0. The second kappa shape index (κ2) is 7.30. The van der Waals surface area contributed by atoms with E-state index in [9.17, 15) is 22.0 Å². The highest BCUT2D eigenvalue weighted by Gasteiger charge is 2.24. The number of benzene rings is 1. The summed E-state index contributed by atoms with van der Waals surface area (Å²) in [5.74, 6) is -3.17. The summed E-state index contributed by atoms with van der Waals surface area (Å²) in [6, 6.07) is 7.08. The van der Waals surface area contributed by atoms with E-state index >= 15 is 0 Å². The largest absolute Gasteiger partial charge is 0.345 e. The van der Waals surface area contributed by atoms with Crippen LogP contribution >= 0.6 is 0 Å². The third-order valence-electron chi connectivity index (χ3n) is 4.41. The number of hydrogen-bond acceptors (Lipinski definition) is 5. The summed E-state index contributed by atoms with van der Waals surface area (Å²) in [6.07, 6.45) is 6.99. The van der Waals surface area contributed by atoms with E-state index in [2.05, 4.69) is 15.0 Å². The molecule has 4 aromatic rings. The molecule has 0 aliphatic carbocycles. The Labute approximate surface area is 169 Å². The smallest absolute Gasteiger partial charge is 0.230 e. The third kappa shape index (κ3) is 3.64. The number of sulfonamides is 1. The summed E-state index contributed by atoms with van der Waals surface area (Å²) in [4.78, 5) is 24.1. The van der Waals surface area contributed by atoms with Crippen LogP contribution in [0.1, 0.15) is 15.9 Å². The quantitative estimate of drug-likeness (QED) is 0.474. The van der Waals surface area contributed by atoms with Crippen molar-refractivity contribution in [1.29, 1.82) is 0 Å². The Balaban J connectivity index is 1.82. The lowest BCUT2D eigenvalue weighted by molar-refractivity contribution is 0.103. The van der Waals surface area contributed by atoms with Crippen LogP contribution in [0.15, 0.2) is 55.1 Å². The average molecular weight is 428 g/mol. The molecule has 0 saturated heterocycles. The first-order valence-corrected chi connectivity index (χ1v) is 10.5. The lowest BCUT2D eigenvalue weighted by Crippen LogP contribution is -2.15. The molecule has 10 heteroatoms. The van der Waals surface area contributed by atoms with Crippen molar-refractivity contribution in [2.75, 3.05) is 11.0 Å². The van der Waals surface area contributed by atoms with E-state index in [1.165, 1.54) is 6.20 Å². The number of aromatic amines is 1. The molecule has 0 fully saturated rings. The molecule has 152 valence electrons. The maximum atomic E-state index is 14.8. The molecule has 0 atom stereocenters. The van der Waals surface area contributed by atoms with Crippen molar-refractivity contribution in [3.8, 4) is 11.1 Å². The monoisotopic (exact) mass is 428 g/mol. The fraction of sp³-hybridized carbons (Fsp3) is 0.0500. The van der Waals surface area contributed by atoms with Crippen molar-refractivity contribution in [2.24, 2.45) is 0 Å². The number of fused-ring (bicyclic) bond motifs is 1. The number of nitrogens with one attached hydrogen (secondary N) is 2. The van der Waals surface area contributed by atoms with Crippen LogP contribution in [0, 0.1) is 11.6 Å². The van der Waals surface area contributed by atoms with Crippen LogP contribution in [-0.4, -0.2) is 35.4 Å². The highest BCUT2D eigenvalue weighted by Crippen LogP contribution is 2.29. The molecule has 2 N–H and O–H groups in total. The molecule has 3 heterocycles. The van der Waals surface area contributed by atoms with Gasteiger partial charge in [-0.1, -0.05) is 0 Å². The van der Waals surface area contributed by atoms with E-state index in [4.69, 9.17) is 0 Å². The number of halogens is 2. The van der Waals surface area contributed by atoms with Crippen LogP contribution in [0.4, 0.5) is 14.5 Å². The summed E-state index contributed by atoms with van der Waals surface area (Å²) < 4.78 is 53.4. The average Bonchev–Trinajstić information content (AvgIpc) is 3.14. The van der Waals surface area contributed by atoms with Crippen LogP contribution in [0.25, 0.3) is 22.2 Å². The van der Waals surface area contributed by atoms with Crippen molar-refractivity contribution in [3.05, 3.63) is 77.9 Å². The van der Waals surface area contributed by atoms with E-state index < -0.39 is 38.7 Å². The lowest BCUT2D eigenvalue weighted by Gasteiger charge is -2.10. The second-order valence-electron chi connectivity index (χ2n) is 6.55. The first kappa shape index (κ1) is 19.6. The van der Waals surface area contributed by atoms with Crippen molar-refractivity contribution < 1.29 is 22.0 Å². The second-order valence-corrected chi connectivity index (χ2v) is 8.29. The molecule has 0 unspecified atom stereocenters. The molecule has 0 aliphatic rings. The Hall–Kier alpha value is -3.66. The molecule has 4 rings (SSSR count). The number of H-pyrrole nitrogens is 1. The summed E-state index contributed by atoms with van der Waals surface area (Å²) in [5.41, 5.74) is 0.693. The van der Waals surface area contributed by atoms with Gasteiger partial charge in [-0.3, -0.25) is 14.5 Å². The number of carbonyl (C=O) groups excluding carboxylic acids is 1. The minimum absolute atomic E-state index is 0.115. The molecule has 0 radical (unpaired) electrons. The Morgan fingerprint density at radius 1 is 1.07 bits per heavy atom. The maximum absolute atomic E-state index is 14.8. The Bertz CT molecular complexity index is 1390. The van der Waals surface area contributed by atoms with Gasteiger partial charge in [0.05, 0.1) is 11.8 Å². The fourth-order valence-electron chi connectivity index (χ4n) is 3.05. The zero-order valence-corrected chi connectivity index (χ0v) is 16.3. The number of hydrogen-bond donors (Lipinski definition) is 2. The molecule has 0 amide bonds. The number of ketones is 1. The molecular weight excluding hydrogens is 414 g/mol. The number of aromatic nitrogens is 3. The topological polar surface area (TPSA) is 105 Å². The number of pyridine rings is 2. The summed E-state index contributed by atoms with van der Waals surface area (Å²) >= 11 is 0. The predicted molar refractivity (Wildman–Crippen MR) is 108 cm³/mol. The fourth-order valence-corrected chi connectivity index (χ4v) is 3.60. The zero-order valence-electron chi connectivity index (χ0n) is 15.5. The first-order chi connectivity index (χ1) is 14.2. The normalized spacial score (nSPS) is 11.6. The van der Waals surface area contributed by atoms with E-state index in [0.717, 1.165) is 29.5 Å². The SMILES string of the molecule is CS(=O)(=O)Nc1c(F)ccc(C(=O)c2c[nH]c3ncc(-c4ccncc4)cc23)c1F. The molecule has 3 aromatic heterocycles. The number of nitrogens with zero attached hydrogens (tertiary/aromatic N) is 2. The predicted octanol–water partition coefficient (Wildman–Crippen LogP) is 3.51. The number of anilines is 1. The minimum Gasteiger partial charge on any atom is -0.345 e. The van der Waals surface area contributed by atoms with Gasteiger partial charge in [0.2, 0.25) is 10.0 Å². The third-order valence-corrected chi connectivity index (χ3v) is 4.99. The van der Waals surface area contributed by atoms with Crippen molar-refractivity contribution in [3.63, 3.8) is 0 Å². The highest BCUT2D eigenvalue weighted by atomic mass is 32.2. The van der Waals surface area contributed by atoms with Crippen molar-refractivity contribution in [2.45, 2.75) is 0 Å². The molecule has 0 bridgehead atoms. The van der Waals surface area contributed by atoms with Crippen LogP contribution in [0.5, 0.6) is 0 Å². The maximum Gasteiger partial charge on any atom is 0.230 e. The summed E-state index contributed by atoms with van der Waals surface area (Å²) in [7, 11) is -3.95. The molecule has 30 heavy (non-hydrogen) atoms. The van der Waals surface area contributed by atoms with Crippen LogP contribution in [0.2, 0.25) is 0 Å². The van der Waals surface area contributed by atoms with E-state index in [1.807, 2.05) is 0 Å². The van der Waals surface area contributed by atoms with Gasteiger partial charge in [0.1, 0.15) is 17.2 Å². The van der Waals surface area contributed by atoms with Gasteiger partial charge in [0.25, 0.3) is 0 Å². The standard InChI is InChI=1S/C20H14F2N4O3S/c1-30(28,29)26-18-16(21)3-2-13(17(18)22)19(27)15-10-25-20-14(15)8-12(9-24-20)11-4-6-23-7-5-11/h2-10,26H,1H3,(H,24,25). The van der Waals surface area contributed by atoms with Crippen LogP contribution in [-0.2, 0) is 10.0 Å². The van der Waals surface area contributed by atoms with Crippen molar-refractivity contribution >= 4 is 32.5 Å². The molecular formula is C20H14F2N4O3S. The highest BCUT2D eigenvalue weighted by molar-refractivity contribution is 7.92. The number of carbonyl (C=O) groups is 1. The molecule has 0 aliphatic heterocycles. The van der Waals surface area contributed by atoms with Gasteiger partial charge in [-0.25, -0.2) is 22.2 Å². The molecule has 0 saturated carbocycles. The molecule has 7 nitrogen and oxygen atoms in total. The molecule has 0 spiro atoms. The molecule has 1 aromatic carbocycles. The van der Waals surface area contributed by atoms with Gasteiger partial charge in [-0.05, 0) is 35.9 Å². The van der Waals surface area contributed by atoms with Gasteiger partial charge < -0.3 is 4.98 Å². The Kier molecular flexibility index (Phi) is 4.78. The minimum atomic E-state index is -3.95. The number of rotatable bonds is 5. The first-order valence-electron chi connectivity index (χ1n) is 8.62. The zero-order chi connectivity index (χ0) is 21.5. The lowest BCUT2D eigenvalue weighted by atomic mass is 10.0. The Morgan fingerprint density at radius 2 is 1.80 bits per heavy atom. The van der Waals surface area contributed by atoms with Gasteiger partial charge in [-0.2, -0.15) is 0 Å². The van der Waals surface area contributed by atoms with Gasteiger partial charge >= 0.3 is 0 Å². The van der Waals surface area contributed by atoms with Crippen LogP contribution in [0.3, 0.4) is 0 Å². The van der Waals surface area contributed by atoms with Gasteiger partial charge in [0.15, 0.2) is 11.6 Å². The van der Waals surface area contributed by atoms with Gasteiger partial charge in [0, 0.05) is 41.3 Å². The summed E-state index contributed by atoms with van der Waals surface area (Å²) in [5, 5.41) is 0.440. The van der Waals surface area contributed by atoms with E-state index in [0.29, 0.717) is 11.0 Å². The Morgan fingerprint density at radius 3 is 2.50 bits per heavy atom. The van der Waals surface area contributed by atoms with Crippen LogP contribution < -0.4 is 4.72 Å². The van der Waals surface area contributed by atoms with E-state index in [1.54, 1.807) is 41.5 Å². The van der Waals surface area contributed by atoms with Gasteiger partial charge in [-0.15, -0.1) is 0 Å². The van der Waals surface area contributed by atoms with Crippen molar-refractivity contribution in [1.82, 2.24) is 15.0 Å².